The van der Waals surface area contributed by atoms with Crippen molar-refractivity contribution in [2.75, 3.05) is 0 Å². The minimum Gasteiger partial charge on any atom is -0.479 e. The number of carboxylic acid groups (broad SMARTS) is 1. The molecule has 0 aromatic carbocycles. The zero-order chi connectivity index (χ0) is 9.19. The minimum absolute atomic E-state index is 0.565. The van der Waals surface area contributed by atoms with E-state index in [1.807, 2.05) is 12.2 Å². The van der Waals surface area contributed by atoms with Gasteiger partial charge in [0.2, 0.25) is 0 Å². The van der Waals surface area contributed by atoms with Gasteiger partial charge in [-0.15, -0.1) is 0 Å². The molecule has 0 bridgehead atoms. The summed E-state index contributed by atoms with van der Waals surface area (Å²) < 4.78 is 0. The van der Waals surface area contributed by atoms with Gasteiger partial charge >= 0.3 is 5.97 Å². The van der Waals surface area contributed by atoms with Crippen LogP contribution >= 0.6 is 0 Å². The number of hydrogen-bond donors (Lipinski definition) is 2. The minimum atomic E-state index is -1.27. The van der Waals surface area contributed by atoms with Gasteiger partial charge < -0.3 is 10.2 Å². The highest BCUT2D eigenvalue weighted by molar-refractivity contribution is 5.73. The largest absolute Gasteiger partial charge is 0.479 e. The molecule has 0 aromatic rings. The molecule has 1 aliphatic carbocycles. The summed E-state index contributed by atoms with van der Waals surface area (Å²) in [5.74, 6) is -1.14. The maximum atomic E-state index is 10.5. The summed E-state index contributed by atoms with van der Waals surface area (Å²) in [4.78, 5) is 10.5. The third kappa shape index (κ3) is 1.67. The first kappa shape index (κ1) is 9.26. The van der Waals surface area contributed by atoms with Gasteiger partial charge in [-0.05, 0) is 19.3 Å². The Balaban J connectivity index is 2.75. The van der Waals surface area contributed by atoms with Crippen molar-refractivity contribution in [3.05, 3.63) is 12.2 Å². The fourth-order valence-electron chi connectivity index (χ4n) is 1.55. The topological polar surface area (TPSA) is 57.5 Å². The van der Waals surface area contributed by atoms with Gasteiger partial charge in [-0.3, -0.25) is 0 Å². The molecule has 2 N–H and O–H groups in total. The van der Waals surface area contributed by atoms with Gasteiger partial charge in [0.25, 0.3) is 0 Å². The van der Waals surface area contributed by atoms with E-state index in [0.29, 0.717) is 0 Å². The molecule has 0 saturated heterocycles. The van der Waals surface area contributed by atoms with E-state index in [4.69, 9.17) is 5.11 Å². The molecule has 3 heteroatoms. The van der Waals surface area contributed by atoms with Crippen molar-refractivity contribution >= 4 is 5.97 Å². The first-order valence-electron chi connectivity index (χ1n) is 4.15. The highest BCUT2D eigenvalue weighted by Gasteiger charge is 2.36. The maximum absolute atomic E-state index is 10.5. The number of carboxylic acids is 1. The molecule has 0 amide bonds. The maximum Gasteiger partial charge on any atom is 0.333 e. The number of hydrogen-bond acceptors (Lipinski definition) is 2. The zero-order valence-corrected chi connectivity index (χ0v) is 7.16. The smallest absolute Gasteiger partial charge is 0.333 e. The van der Waals surface area contributed by atoms with Crippen molar-refractivity contribution in [1.29, 1.82) is 0 Å². The highest BCUT2D eigenvalue weighted by atomic mass is 16.4. The molecule has 0 spiro atoms. The Kier molecular flexibility index (Phi) is 2.52. The molecule has 0 aromatic heterocycles. The Morgan fingerprint density at radius 2 is 2.33 bits per heavy atom. The zero-order valence-electron chi connectivity index (χ0n) is 7.16. The van der Waals surface area contributed by atoms with Crippen LogP contribution in [0, 0.1) is 5.41 Å². The van der Waals surface area contributed by atoms with Gasteiger partial charge in [0, 0.05) is 5.41 Å². The van der Waals surface area contributed by atoms with E-state index in [1.54, 1.807) is 6.92 Å². The highest BCUT2D eigenvalue weighted by Crippen LogP contribution is 2.33. The lowest BCUT2D eigenvalue weighted by atomic mass is 9.76. The summed E-state index contributed by atoms with van der Waals surface area (Å²) in [7, 11) is 0. The van der Waals surface area contributed by atoms with Crippen molar-refractivity contribution < 1.29 is 15.0 Å². The van der Waals surface area contributed by atoms with Gasteiger partial charge in [-0.25, -0.2) is 4.79 Å². The summed E-state index contributed by atoms with van der Waals surface area (Å²) >= 11 is 0. The Morgan fingerprint density at radius 3 is 2.75 bits per heavy atom. The first-order chi connectivity index (χ1) is 5.56. The molecule has 68 valence electrons. The number of aliphatic carboxylic acids is 1. The fraction of sp³-hybridized carbons (Fsp3) is 0.667. The molecule has 3 nitrogen and oxygen atoms in total. The van der Waals surface area contributed by atoms with Crippen LogP contribution in [0.4, 0.5) is 0 Å². The molecule has 1 aliphatic rings. The lowest BCUT2D eigenvalue weighted by molar-refractivity contribution is -0.152. The molecular weight excluding hydrogens is 156 g/mol. The third-order valence-electron chi connectivity index (χ3n) is 2.44. The van der Waals surface area contributed by atoms with Gasteiger partial charge in [0.15, 0.2) is 6.10 Å². The predicted octanol–water partition coefficient (Wildman–Crippen LogP) is 1.18. The number of rotatable bonds is 2. The number of aliphatic hydroxyl groups excluding tert-OH is 1. The molecule has 1 rings (SSSR count). The Labute approximate surface area is 71.7 Å². The molecule has 0 radical (unpaired) electrons. The van der Waals surface area contributed by atoms with E-state index in [0.717, 1.165) is 19.3 Å². The fourth-order valence-corrected chi connectivity index (χ4v) is 1.55. The van der Waals surface area contributed by atoms with Crippen molar-refractivity contribution in [3.63, 3.8) is 0 Å². The number of aliphatic hydroxyl groups is 1. The lowest BCUT2D eigenvalue weighted by Crippen LogP contribution is -2.38. The monoisotopic (exact) mass is 170 g/mol. The molecule has 1 unspecified atom stereocenters. The summed E-state index contributed by atoms with van der Waals surface area (Å²) in [5.41, 5.74) is -0.565. The van der Waals surface area contributed by atoms with Crippen LogP contribution in [-0.4, -0.2) is 22.3 Å². The van der Waals surface area contributed by atoms with Crippen molar-refractivity contribution in [2.24, 2.45) is 5.41 Å². The van der Waals surface area contributed by atoms with Crippen LogP contribution < -0.4 is 0 Å². The predicted molar refractivity (Wildman–Crippen MR) is 44.7 cm³/mol. The van der Waals surface area contributed by atoms with E-state index in [9.17, 15) is 9.90 Å². The second kappa shape index (κ2) is 3.27. The van der Waals surface area contributed by atoms with E-state index >= 15 is 0 Å². The average Bonchev–Trinajstić information content (AvgIpc) is 2.04. The molecule has 0 aliphatic heterocycles. The SMILES string of the molecule is C[C@]1(C(O)C(=O)O)C=CCCC1. The summed E-state index contributed by atoms with van der Waals surface area (Å²) in [6, 6.07) is 0. The van der Waals surface area contributed by atoms with Crippen LogP contribution in [-0.2, 0) is 4.79 Å². The van der Waals surface area contributed by atoms with E-state index in [2.05, 4.69) is 0 Å². The number of allylic oxidation sites excluding steroid dienone is 1. The third-order valence-corrected chi connectivity index (χ3v) is 2.44. The average molecular weight is 170 g/mol. The van der Waals surface area contributed by atoms with Crippen molar-refractivity contribution in [3.8, 4) is 0 Å². The first-order valence-corrected chi connectivity index (χ1v) is 4.15. The molecule has 12 heavy (non-hydrogen) atoms. The second-order valence-corrected chi connectivity index (χ2v) is 3.54. The van der Waals surface area contributed by atoms with Gasteiger partial charge in [-0.2, -0.15) is 0 Å². The quantitative estimate of drug-likeness (QED) is 0.612. The Hall–Kier alpha value is -0.830. The standard InChI is InChI=1S/C9H14O3/c1-9(7(10)8(11)12)5-3-2-4-6-9/h3,5,7,10H,2,4,6H2,1H3,(H,11,12)/t7?,9-/m0/s1. The molecule has 0 fully saturated rings. The lowest BCUT2D eigenvalue weighted by Gasteiger charge is -2.31. The Bertz CT molecular complexity index is 210. The van der Waals surface area contributed by atoms with Crippen LogP contribution in [0.3, 0.4) is 0 Å². The van der Waals surface area contributed by atoms with Crippen LogP contribution in [0.5, 0.6) is 0 Å². The molecule has 2 atom stereocenters. The van der Waals surface area contributed by atoms with Crippen LogP contribution in [0.25, 0.3) is 0 Å². The van der Waals surface area contributed by atoms with Crippen LogP contribution in [0.1, 0.15) is 26.2 Å². The molecule has 0 heterocycles. The second-order valence-electron chi connectivity index (χ2n) is 3.54. The Morgan fingerprint density at radius 1 is 1.67 bits per heavy atom. The van der Waals surface area contributed by atoms with Crippen LogP contribution in [0.15, 0.2) is 12.2 Å². The van der Waals surface area contributed by atoms with E-state index in [-0.39, 0.29) is 0 Å². The molecule has 0 saturated carbocycles. The normalized spacial score (nSPS) is 31.5. The summed E-state index contributed by atoms with van der Waals surface area (Å²) in [6.07, 6.45) is 5.18. The summed E-state index contributed by atoms with van der Waals surface area (Å²) in [6.45, 7) is 1.78. The molecular formula is C9H14O3. The van der Waals surface area contributed by atoms with Gasteiger partial charge in [0.05, 0.1) is 0 Å². The summed E-state index contributed by atoms with van der Waals surface area (Å²) in [5, 5.41) is 18.0. The van der Waals surface area contributed by atoms with E-state index < -0.39 is 17.5 Å². The van der Waals surface area contributed by atoms with E-state index in [1.165, 1.54) is 0 Å². The number of carbonyl (C=O) groups is 1. The van der Waals surface area contributed by atoms with Crippen LogP contribution in [0.2, 0.25) is 0 Å². The van der Waals surface area contributed by atoms with Crippen molar-refractivity contribution in [1.82, 2.24) is 0 Å². The van der Waals surface area contributed by atoms with Gasteiger partial charge in [0.1, 0.15) is 0 Å². The van der Waals surface area contributed by atoms with Crippen molar-refractivity contribution in [2.45, 2.75) is 32.3 Å². The van der Waals surface area contributed by atoms with Gasteiger partial charge in [-0.1, -0.05) is 19.1 Å².